The molecule has 1 fully saturated rings. The molecule has 9 heteroatoms. The number of nitrogens with one attached hydrogen (secondary N) is 1. The zero-order chi connectivity index (χ0) is 20.2. The fourth-order valence-electron chi connectivity index (χ4n) is 3.30. The average molecular weight is 417 g/mol. The Morgan fingerprint density at radius 3 is 2.15 bits per heavy atom. The molecule has 0 spiro atoms. The number of benzene rings is 1. The van der Waals surface area contributed by atoms with E-state index in [2.05, 4.69) is 5.32 Å². The summed E-state index contributed by atoms with van der Waals surface area (Å²) in [4.78, 5) is 12.3. The second-order valence-corrected chi connectivity index (χ2v) is 11.7. The quantitative estimate of drug-likeness (QED) is 0.726. The predicted octanol–water partition coefficient (Wildman–Crippen LogP) is 1.52. The van der Waals surface area contributed by atoms with Gasteiger partial charge in [-0.15, -0.1) is 0 Å². The molecule has 0 aromatic heterocycles. The molecule has 2 atom stereocenters. The highest BCUT2D eigenvalue weighted by Crippen LogP contribution is 2.26. The van der Waals surface area contributed by atoms with Crippen LogP contribution in [-0.2, 0) is 19.9 Å². The Balaban J connectivity index is 2.04. The maximum Gasteiger partial charge on any atom is 0.251 e. The van der Waals surface area contributed by atoms with Gasteiger partial charge in [0.15, 0.2) is 9.84 Å². The van der Waals surface area contributed by atoms with E-state index in [0.29, 0.717) is 30.5 Å². The van der Waals surface area contributed by atoms with Crippen molar-refractivity contribution >= 4 is 25.8 Å². The van der Waals surface area contributed by atoms with Crippen LogP contribution < -0.4 is 5.32 Å². The lowest BCUT2D eigenvalue weighted by Gasteiger charge is -2.34. The van der Waals surface area contributed by atoms with E-state index in [1.165, 1.54) is 28.6 Å². The zero-order valence-corrected chi connectivity index (χ0v) is 17.6. The number of carbonyl (C=O) groups excluding carboxylic acids is 1. The van der Waals surface area contributed by atoms with E-state index in [1.54, 1.807) is 6.92 Å². The lowest BCUT2D eigenvalue weighted by atomic mass is 9.94. The maximum atomic E-state index is 12.8. The molecule has 1 heterocycles. The van der Waals surface area contributed by atoms with Gasteiger partial charge in [-0.1, -0.05) is 20.8 Å². The third-order valence-electron chi connectivity index (χ3n) is 4.73. The van der Waals surface area contributed by atoms with Crippen LogP contribution in [0.3, 0.4) is 0 Å². The number of hydrogen-bond donors (Lipinski definition) is 1. The molecule has 0 bridgehead atoms. The highest BCUT2D eigenvalue weighted by molar-refractivity contribution is 7.91. The van der Waals surface area contributed by atoms with Gasteiger partial charge in [0.2, 0.25) is 10.0 Å². The normalized spacial score (nSPS) is 21.7. The number of hydrogen-bond acceptors (Lipinski definition) is 5. The summed E-state index contributed by atoms with van der Waals surface area (Å²) >= 11 is 0. The summed E-state index contributed by atoms with van der Waals surface area (Å²) in [6, 6.07) is 5.76. The molecule has 2 unspecified atom stereocenters. The predicted molar refractivity (Wildman–Crippen MR) is 105 cm³/mol. The Morgan fingerprint density at radius 1 is 1.07 bits per heavy atom. The summed E-state index contributed by atoms with van der Waals surface area (Å²) < 4.78 is 50.1. The van der Waals surface area contributed by atoms with Crippen LogP contribution in [0.5, 0.6) is 0 Å². The molecule has 0 saturated carbocycles. The zero-order valence-electron chi connectivity index (χ0n) is 16.0. The third kappa shape index (κ3) is 5.76. The van der Waals surface area contributed by atoms with Crippen LogP contribution in [-0.4, -0.2) is 58.2 Å². The van der Waals surface area contributed by atoms with Crippen molar-refractivity contribution in [3.05, 3.63) is 29.8 Å². The first-order chi connectivity index (χ1) is 12.5. The Kier molecular flexibility index (Phi) is 7.04. The number of nitrogens with zero attached hydrogens (tertiary/aromatic N) is 1. The van der Waals surface area contributed by atoms with Gasteiger partial charge in [0, 0.05) is 31.0 Å². The first-order valence-corrected chi connectivity index (χ1v) is 12.4. The number of sulfonamides is 1. The van der Waals surface area contributed by atoms with Crippen LogP contribution in [0.25, 0.3) is 0 Å². The van der Waals surface area contributed by atoms with Gasteiger partial charge in [-0.05, 0) is 42.5 Å². The van der Waals surface area contributed by atoms with Gasteiger partial charge in [0.25, 0.3) is 5.91 Å². The molecule has 1 aliphatic heterocycles. The number of amides is 1. The van der Waals surface area contributed by atoms with Crippen LogP contribution in [0, 0.1) is 11.8 Å². The van der Waals surface area contributed by atoms with Crippen LogP contribution >= 0.6 is 0 Å². The van der Waals surface area contributed by atoms with E-state index in [1.807, 2.05) is 13.8 Å². The van der Waals surface area contributed by atoms with Crippen molar-refractivity contribution in [2.45, 2.75) is 32.1 Å². The Bertz CT molecular complexity index is 854. The van der Waals surface area contributed by atoms with Gasteiger partial charge >= 0.3 is 0 Å². The molecule has 152 valence electrons. The van der Waals surface area contributed by atoms with Gasteiger partial charge in [0.1, 0.15) is 0 Å². The van der Waals surface area contributed by atoms with Gasteiger partial charge in [-0.25, -0.2) is 16.8 Å². The monoisotopic (exact) mass is 416 g/mol. The highest BCUT2D eigenvalue weighted by Gasteiger charge is 2.31. The van der Waals surface area contributed by atoms with Crippen molar-refractivity contribution < 1.29 is 21.6 Å². The number of sulfone groups is 1. The van der Waals surface area contributed by atoms with Gasteiger partial charge < -0.3 is 5.32 Å². The van der Waals surface area contributed by atoms with E-state index in [0.717, 1.165) is 6.42 Å². The fourth-order valence-corrected chi connectivity index (χ4v) is 5.68. The maximum absolute atomic E-state index is 12.8. The number of rotatable bonds is 7. The van der Waals surface area contributed by atoms with E-state index < -0.39 is 25.8 Å². The van der Waals surface area contributed by atoms with Crippen molar-refractivity contribution in [3.63, 3.8) is 0 Å². The molecule has 0 aliphatic carbocycles. The molecule has 7 nitrogen and oxygen atoms in total. The summed E-state index contributed by atoms with van der Waals surface area (Å²) in [5, 5.41) is 2.54. The molecule has 1 aliphatic rings. The first-order valence-electron chi connectivity index (χ1n) is 9.14. The minimum absolute atomic E-state index is 0.0264. The summed E-state index contributed by atoms with van der Waals surface area (Å²) in [7, 11) is -6.73. The first kappa shape index (κ1) is 21.8. The molecular weight excluding hydrogens is 388 g/mol. The standard InChI is InChI=1S/C18H28N2O5S2/c1-4-26(22,23)10-9-19-18(21)16-5-7-17(8-6-16)27(24,25)20-12-14(2)11-15(3)13-20/h5-8,14-15H,4,9-13H2,1-3H3,(H,19,21). The van der Waals surface area contributed by atoms with E-state index in [-0.39, 0.29) is 22.9 Å². The van der Waals surface area contributed by atoms with Gasteiger partial charge in [0.05, 0.1) is 10.6 Å². The molecule has 1 amide bonds. The number of piperidine rings is 1. The van der Waals surface area contributed by atoms with E-state index in [9.17, 15) is 21.6 Å². The topological polar surface area (TPSA) is 101 Å². The molecule has 1 aromatic rings. The molecule has 0 radical (unpaired) electrons. The second-order valence-electron chi connectivity index (χ2n) is 7.28. The Morgan fingerprint density at radius 2 is 1.63 bits per heavy atom. The van der Waals surface area contributed by atoms with Crippen molar-refractivity contribution in [1.82, 2.24) is 9.62 Å². The Labute approximate surface area is 162 Å². The van der Waals surface area contributed by atoms with Crippen molar-refractivity contribution in [2.24, 2.45) is 11.8 Å². The highest BCUT2D eigenvalue weighted by atomic mass is 32.2. The third-order valence-corrected chi connectivity index (χ3v) is 8.28. The minimum Gasteiger partial charge on any atom is -0.351 e. The Hall–Kier alpha value is -1.45. The van der Waals surface area contributed by atoms with Crippen molar-refractivity contribution in [3.8, 4) is 0 Å². The molecule has 27 heavy (non-hydrogen) atoms. The average Bonchev–Trinajstić information content (AvgIpc) is 2.60. The summed E-state index contributed by atoms with van der Waals surface area (Å²) in [6.45, 7) is 6.68. The molecular formula is C18H28N2O5S2. The fraction of sp³-hybridized carbons (Fsp3) is 0.611. The molecule has 1 saturated heterocycles. The molecule has 1 aromatic carbocycles. The van der Waals surface area contributed by atoms with E-state index >= 15 is 0 Å². The lowest BCUT2D eigenvalue weighted by Crippen LogP contribution is -2.42. The summed E-state index contributed by atoms with van der Waals surface area (Å²) in [6.07, 6.45) is 1.01. The van der Waals surface area contributed by atoms with Gasteiger partial charge in [-0.3, -0.25) is 4.79 Å². The lowest BCUT2D eigenvalue weighted by molar-refractivity contribution is 0.0956. The van der Waals surface area contributed by atoms with E-state index in [4.69, 9.17) is 0 Å². The molecule has 2 rings (SSSR count). The van der Waals surface area contributed by atoms with Crippen molar-refractivity contribution in [1.29, 1.82) is 0 Å². The van der Waals surface area contributed by atoms with Gasteiger partial charge in [-0.2, -0.15) is 4.31 Å². The molecule has 1 N–H and O–H groups in total. The second kappa shape index (κ2) is 8.70. The van der Waals surface area contributed by atoms with Crippen LogP contribution in [0.15, 0.2) is 29.2 Å². The summed E-state index contributed by atoms with van der Waals surface area (Å²) in [5.41, 5.74) is 0.295. The van der Waals surface area contributed by atoms with Crippen LogP contribution in [0.4, 0.5) is 0 Å². The smallest absolute Gasteiger partial charge is 0.251 e. The largest absolute Gasteiger partial charge is 0.351 e. The van der Waals surface area contributed by atoms with Crippen LogP contribution in [0.2, 0.25) is 0 Å². The van der Waals surface area contributed by atoms with Crippen molar-refractivity contribution in [2.75, 3.05) is 31.1 Å². The SMILES string of the molecule is CCS(=O)(=O)CCNC(=O)c1ccc(S(=O)(=O)N2CC(C)CC(C)C2)cc1. The minimum atomic E-state index is -3.59. The van der Waals surface area contributed by atoms with Crippen LogP contribution in [0.1, 0.15) is 37.6 Å². The number of carbonyl (C=O) groups is 1. The summed E-state index contributed by atoms with van der Waals surface area (Å²) in [5.74, 6) is 0.113.